The fourth-order valence-electron chi connectivity index (χ4n) is 2.85. The van der Waals surface area contributed by atoms with Gasteiger partial charge >= 0.3 is 23.9 Å². The molecule has 0 bridgehead atoms. The smallest absolute Gasteiger partial charge is 0.460 e. The highest BCUT2D eigenvalue weighted by molar-refractivity contribution is 5.00. The average Bonchev–Trinajstić information content (AvgIpc) is 2.62. The molecular weight excluding hydrogens is 493 g/mol. The van der Waals surface area contributed by atoms with Crippen molar-refractivity contribution in [3.05, 3.63) is 30.6 Å². The molecule has 1 nitrogen and oxygen atoms in total. The van der Waals surface area contributed by atoms with Crippen LogP contribution in [0.4, 0.5) is 39.5 Å². The van der Waals surface area contributed by atoms with Crippen molar-refractivity contribution < 1.29 is 61.1 Å². The molecular formula is C19H25BrF9N. The molecule has 0 aliphatic carbocycles. The molecule has 0 unspecified atom stereocenters. The molecule has 0 aliphatic rings. The Morgan fingerprint density at radius 2 is 0.967 bits per heavy atom. The van der Waals surface area contributed by atoms with Crippen molar-refractivity contribution in [3.8, 4) is 0 Å². The predicted octanol–water partition coefficient (Wildman–Crippen LogP) is 3.96. The Kier molecular flexibility index (Phi) is 11.7. The highest BCUT2D eigenvalue weighted by Gasteiger charge is 2.81. The van der Waals surface area contributed by atoms with Crippen LogP contribution in [0.5, 0.6) is 0 Å². The maximum Gasteiger partial charge on any atom is 0.460 e. The van der Waals surface area contributed by atoms with Crippen LogP contribution in [0.15, 0.2) is 30.6 Å². The van der Waals surface area contributed by atoms with Gasteiger partial charge in [0.2, 0.25) is 0 Å². The fourth-order valence-corrected chi connectivity index (χ4v) is 2.85. The molecule has 0 atom stereocenters. The largest absolute Gasteiger partial charge is 1.00 e. The third kappa shape index (κ3) is 7.92. The summed E-state index contributed by atoms with van der Waals surface area (Å²) in [7, 11) is 0. The number of aromatic nitrogens is 1. The summed E-state index contributed by atoms with van der Waals surface area (Å²) in [5, 5.41) is 0. The van der Waals surface area contributed by atoms with Crippen molar-refractivity contribution >= 4 is 0 Å². The van der Waals surface area contributed by atoms with Gasteiger partial charge in [-0.05, 0) is 12.8 Å². The Labute approximate surface area is 180 Å². The van der Waals surface area contributed by atoms with Crippen LogP contribution in [0.25, 0.3) is 0 Å². The fraction of sp³-hybridized carbons (Fsp3) is 0.737. The first kappa shape index (κ1) is 29.0. The lowest BCUT2D eigenvalue weighted by atomic mass is 9.97. The highest BCUT2D eigenvalue weighted by atomic mass is 79.9. The summed E-state index contributed by atoms with van der Waals surface area (Å²) in [6.07, 6.45) is -0.374. The first-order chi connectivity index (χ1) is 13.3. The van der Waals surface area contributed by atoms with Gasteiger partial charge in [0.05, 0.1) is 0 Å². The quantitative estimate of drug-likeness (QED) is 0.212. The van der Waals surface area contributed by atoms with Gasteiger partial charge in [-0.15, -0.1) is 0 Å². The number of aryl methyl sites for hydroxylation is 1. The SMILES string of the molecule is FC(F)(F)C(F)(F)C(F)(F)C(F)(F)CCCCCCCCCC[n+]1ccccc1.[Br-]. The van der Waals surface area contributed by atoms with Crippen LogP contribution >= 0.6 is 0 Å². The van der Waals surface area contributed by atoms with Crippen molar-refractivity contribution in [2.24, 2.45) is 0 Å². The summed E-state index contributed by atoms with van der Waals surface area (Å²) in [5.74, 6) is -18.7. The van der Waals surface area contributed by atoms with Gasteiger partial charge in [0.25, 0.3) is 0 Å². The zero-order chi connectivity index (χ0) is 22.2. The van der Waals surface area contributed by atoms with E-state index in [-0.39, 0.29) is 23.4 Å². The number of alkyl halides is 9. The summed E-state index contributed by atoms with van der Waals surface area (Å²) in [6.45, 7) is 0.868. The molecule has 0 spiro atoms. The topological polar surface area (TPSA) is 3.88 Å². The maximum absolute atomic E-state index is 13.4. The van der Waals surface area contributed by atoms with E-state index in [0.717, 1.165) is 32.2 Å². The highest BCUT2D eigenvalue weighted by Crippen LogP contribution is 2.54. The minimum atomic E-state index is -6.79. The van der Waals surface area contributed by atoms with Crippen LogP contribution in [-0.4, -0.2) is 23.9 Å². The van der Waals surface area contributed by atoms with Crippen molar-refractivity contribution in [2.45, 2.75) is 88.3 Å². The Hall–Kier alpha value is -1.00. The second kappa shape index (κ2) is 12.1. The van der Waals surface area contributed by atoms with Crippen molar-refractivity contribution in [1.82, 2.24) is 0 Å². The molecule has 1 rings (SSSR count). The lowest BCUT2D eigenvalue weighted by molar-refractivity contribution is -0.697. The van der Waals surface area contributed by atoms with E-state index in [1.54, 1.807) is 0 Å². The van der Waals surface area contributed by atoms with Crippen LogP contribution in [-0.2, 0) is 6.54 Å². The number of nitrogens with zero attached hydrogens (tertiary/aromatic N) is 1. The first-order valence-corrected chi connectivity index (χ1v) is 9.47. The Morgan fingerprint density at radius 1 is 0.533 bits per heavy atom. The molecule has 11 heteroatoms. The summed E-state index contributed by atoms with van der Waals surface area (Å²) in [4.78, 5) is 0. The summed E-state index contributed by atoms with van der Waals surface area (Å²) in [6, 6.07) is 5.75. The Bertz CT molecular complexity index is 591. The van der Waals surface area contributed by atoms with Crippen molar-refractivity contribution in [3.63, 3.8) is 0 Å². The molecule has 0 N–H and O–H groups in total. The minimum absolute atomic E-state index is 0. The summed E-state index contributed by atoms with van der Waals surface area (Å²) in [5.41, 5.74) is 0. The number of pyridine rings is 1. The zero-order valence-electron chi connectivity index (χ0n) is 16.2. The summed E-state index contributed by atoms with van der Waals surface area (Å²) >= 11 is 0. The van der Waals surface area contributed by atoms with E-state index in [1.807, 2.05) is 35.2 Å². The van der Waals surface area contributed by atoms with Crippen LogP contribution < -0.4 is 21.5 Å². The average molecular weight is 518 g/mol. The molecule has 1 aromatic rings. The lowest BCUT2D eigenvalue weighted by Gasteiger charge is -2.33. The van der Waals surface area contributed by atoms with E-state index in [4.69, 9.17) is 0 Å². The van der Waals surface area contributed by atoms with E-state index >= 15 is 0 Å². The molecule has 0 amide bonds. The van der Waals surface area contributed by atoms with Crippen LogP contribution in [0.1, 0.15) is 57.8 Å². The number of hydrogen-bond donors (Lipinski definition) is 0. The van der Waals surface area contributed by atoms with E-state index in [9.17, 15) is 39.5 Å². The minimum Gasteiger partial charge on any atom is -1.00 e. The standard InChI is InChI=1S/C19H25F9N.BrH/c20-16(21,17(22,23)18(24,25)19(26,27)28)12-8-5-3-1-2-4-6-9-13-29-14-10-7-11-15-29;/h7,10-11,14-15H,1-6,8-9,12-13H2;1H/q+1;/p-1. The van der Waals surface area contributed by atoms with Gasteiger partial charge in [0.15, 0.2) is 12.4 Å². The third-order valence-corrected chi connectivity index (χ3v) is 4.64. The molecule has 0 radical (unpaired) electrons. The molecule has 1 aromatic heterocycles. The number of rotatable bonds is 13. The van der Waals surface area contributed by atoms with Gasteiger partial charge in [-0.1, -0.05) is 38.2 Å². The Balaban J connectivity index is 0.00000841. The Morgan fingerprint density at radius 3 is 1.43 bits per heavy atom. The van der Waals surface area contributed by atoms with E-state index in [0.29, 0.717) is 12.8 Å². The third-order valence-electron chi connectivity index (χ3n) is 4.64. The molecule has 1 heterocycles. The summed E-state index contributed by atoms with van der Waals surface area (Å²) < 4.78 is 116. The monoisotopic (exact) mass is 517 g/mol. The molecule has 0 aliphatic heterocycles. The molecule has 0 saturated heterocycles. The number of halogens is 10. The lowest BCUT2D eigenvalue weighted by Crippen LogP contribution is -3.00. The van der Waals surface area contributed by atoms with Crippen molar-refractivity contribution in [1.29, 1.82) is 0 Å². The number of unbranched alkanes of at least 4 members (excludes halogenated alkanes) is 7. The van der Waals surface area contributed by atoms with Crippen LogP contribution in [0.2, 0.25) is 0 Å². The van der Waals surface area contributed by atoms with E-state index in [1.165, 1.54) is 0 Å². The second-order valence-corrected chi connectivity index (χ2v) is 7.04. The van der Waals surface area contributed by atoms with E-state index < -0.39 is 36.8 Å². The van der Waals surface area contributed by atoms with Crippen molar-refractivity contribution in [2.75, 3.05) is 0 Å². The molecule has 0 aromatic carbocycles. The van der Waals surface area contributed by atoms with Gasteiger partial charge in [-0.2, -0.15) is 39.5 Å². The first-order valence-electron chi connectivity index (χ1n) is 9.47. The van der Waals surface area contributed by atoms with Gasteiger partial charge in [-0.25, -0.2) is 4.57 Å². The van der Waals surface area contributed by atoms with Gasteiger partial charge in [-0.3, -0.25) is 0 Å². The van der Waals surface area contributed by atoms with Crippen LogP contribution in [0, 0.1) is 0 Å². The van der Waals surface area contributed by atoms with Crippen LogP contribution in [0.3, 0.4) is 0 Å². The van der Waals surface area contributed by atoms with Gasteiger partial charge in [0, 0.05) is 25.0 Å². The van der Waals surface area contributed by atoms with Gasteiger partial charge < -0.3 is 17.0 Å². The molecule has 30 heavy (non-hydrogen) atoms. The maximum atomic E-state index is 13.4. The normalized spacial score (nSPS) is 13.2. The predicted molar refractivity (Wildman–Crippen MR) is 89.1 cm³/mol. The van der Waals surface area contributed by atoms with Gasteiger partial charge in [0.1, 0.15) is 6.54 Å². The number of hydrogen-bond acceptors (Lipinski definition) is 0. The molecule has 0 saturated carbocycles. The van der Waals surface area contributed by atoms with E-state index in [2.05, 4.69) is 0 Å². The molecule has 0 fully saturated rings. The zero-order valence-corrected chi connectivity index (χ0v) is 17.8. The molecule has 176 valence electrons. The second-order valence-electron chi connectivity index (χ2n) is 7.04.